The Hall–Kier alpha value is 1.56. The Balaban J connectivity index is -0.0000000133. The van der Waals surface area contributed by atoms with Crippen molar-refractivity contribution in [3.05, 3.63) is 0 Å². The molecule has 0 bridgehead atoms. The largest absolute Gasteiger partial charge is 1.00 e. The minimum atomic E-state index is 0. The van der Waals surface area contributed by atoms with Crippen molar-refractivity contribution in [3.8, 4) is 0 Å². The van der Waals surface area contributed by atoms with Crippen molar-refractivity contribution in [2.75, 3.05) is 14.2 Å². The van der Waals surface area contributed by atoms with Crippen molar-refractivity contribution in [1.29, 1.82) is 0 Å². The summed E-state index contributed by atoms with van der Waals surface area (Å²) in [5.74, 6) is 0. The van der Waals surface area contributed by atoms with Crippen LogP contribution in [0.5, 0.6) is 0 Å². The fraction of sp³-hybridized carbons (Fsp3) is 1.00. The molecule has 0 rings (SSSR count). The quantitative estimate of drug-likeness (QED) is 0.314. The Bertz CT molecular complexity index is 7.61. The van der Waals surface area contributed by atoms with E-state index in [4.69, 9.17) is 10.2 Å². The van der Waals surface area contributed by atoms with Gasteiger partial charge in [0.1, 0.15) is 0 Å². The number of hydrogen-bond donors (Lipinski definition) is 1. The minimum Gasteiger partial charge on any atom is -0.857 e. The van der Waals surface area contributed by atoms with Gasteiger partial charge in [-0.05, 0) is 0 Å². The van der Waals surface area contributed by atoms with Crippen LogP contribution in [0.2, 0.25) is 0 Å². The maximum absolute atomic E-state index is 8.25. The van der Waals surface area contributed by atoms with E-state index in [0.717, 1.165) is 14.2 Å². The molecule has 3 heteroatoms. The van der Waals surface area contributed by atoms with Gasteiger partial charge in [-0.3, -0.25) is 0 Å². The average Bonchev–Trinajstić information content (AvgIpc) is 1.50. The van der Waals surface area contributed by atoms with E-state index in [1.807, 2.05) is 0 Å². The second kappa shape index (κ2) is 47.6. The summed E-state index contributed by atoms with van der Waals surface area (Å²) >= 11 is 0. The van der Waals surface area contributed by atoms with Crippen molar-refractivity contribution in [2.45, 2.75) is 0 Å². The van der Waals surface area contributed by atoms with Crippen molar-refractivity contribution < 1.29 is 61.6 Å². The first kappa shape index (κ1) is 16.0. The topological polar surface area (TPSA) is 43.3 Å². The van der Waals surface area contributed by atoms with Gasteiger partial charge in [0.05, 0.1) is 0 Å². The average molecular weight is 102 g/mol. The number of hydrogen-bond acceptors (Lipinski definition) is 2. The van der Waals surface area contributed by atoms with Crippen LogP contribution in [0.1, 0.15) is 0 Å². The summed E-state index contributed by atoms with van der Waals surface area (Å²) in [5, 5.41) is 15.2. The summed E-state index contributed by atoms with van der Waals surface area (Å²) in [6.45, 7) is 0. The molecule has 0 atom stereocenters. The summed E-state index contributed by atoms with van der Waals surface area (Å²) < 4.78 is 0. The van der Waals surface area contributed by atoms with E-state index in [1.54, 1.807) is 0 Å². The Kier molecular flexibility index (Phi) is 152. The van der Waals surface area contributed by atoms with E-state index in [0.29, 0.717) is 0 Å². The Morgan fingerprint density at radius 1 is 1.20 bits per heavy atom. The molecule has 0 unspecified atom stereocenters. The predicted molar refractivity (Wildman–Crippen MR) is 14.1 cm³/mol. The Morgan fingerprint density at radius 3 is 1.20 bits per heavy atom. The van der Waals surface area contributed by atoms with E-state index < -0.39 is 0 Å². The van der Waals surface area contributed by atoms with Crippen LogP contribution in [-0.2, 0) is 0 Å². The molecule has 0 saturated carbocycles. The molecule has 5 heavy (non-hydrogen) atoms. The van der Waals surface area contributed by atoms with Crippen LogP contribution in [0.4, 0.5) is 0 Å². The van der Waals surface area contributed by atoms with Crippen LogP contribution in [0, 0.1) is 0 Å². The van der Waals surface area contributed by atoms with Gasteiger partial charge in [0.2, 0.25) is 0 Å². The molecule has 0 aliphatic carbocycles. The van der Waals surface area contributed by atoms with Crippen molar-refractivity contribution in [3.63, 3.8) is 0 Å². The summed E-state index contributed by atoms with van der Waals surface area (Å²) in [4.78, 5) is 0. The first-order valence-corrected chi connectivity index (χ1v) is 0.855. The molecule has 0 fully saturated rings. The second-order valence-electron chi connectivity index (χ2n) is 0. The van der Waals surface area contributed by atoms with Gasteiger partial charge in [0, 0.05) is 7.11 Å². The molecular formula is C2H7KO2. The zero-order valence-electron chi connectivity index (χ0n) is 3.86. The second-order valence-corrected chi connectivity index (χ2v) is 0. The molecule has 0 amide bonds. The molecule has 0 aliphatic rings. The minimum absolute atomic E-state index is 0. The van der Waals surface area contributed by atoms with Crippen LogP contribution in [0.25, 0.3) is 0 Å². The van der Waals surface area contributed by atoms with Crippen LogP contribution in [0.3, 0.4) is 0 Å². The Labute approximate surface area is 74.6 Å². The van der Waals surface area contributed by atoms with Gasteiger partial charge in [-0.1, -0.05) is 0 Å². The third-order valence-corrected chi connectivity index (χ3v) is 0. The molecule has 0 spiro atoms. The zero-order valence-corrected chi connectivity index (χ0v) is 6.98. The molecule has 2 nitrogen and oxygen atoms in total. The molecule has 0 heterocycles. The van der Waals surface area contributed by atoms with E-state index in [1.165, 1.54) is 0 Å². The van der Waals surface area contributed by atoms with Gasteiger partial charge < -0.3 is 10.2 Å². The molecule has 28 valence electrons. The maximum Gasteiger partial charge on any atom is 1.00 e. The monoisotopic (exact) mass is 102 g/mol. The van der Waals surface area contributed by atoms with E-state index in [-0.39, 0.29) is 51.4 Å². The molecule has 0 aromatic heterocycles. The normalized spacial score (nSPS) is 2.40. The van der Waals surface area contributed by atoms with Crippen molar-refractivity contribution in [1.82, 2.24) is 0 Å². The standard InChI is InChI=1S/CH4O.CH3O.K/c2*1-2;/h2H,1H3;1H3;/q;-1;+1. The number of aliphatic hydroxyl groups excluding tert-OH is 1. The fourth-order valence-electron chi connectivity index (χ4n) is 0. The van der Waals surface area contributed by atoms with Crippen LogP contribution in [0.15, 0.2) is 0 Å². The van der Waals surface area contributed by atoms with Gasteiger partial charge in [-0.2, -0.15) is 7.11 Å². The fourth-order valence-corrected chi connectivity index (χ4v) is 0. The molecule has 0 aromatic carbocycles. The van der Waals surface area contributed by atoms with Gasteiger partial charge in [0.15, 0.2) is 0 Å². The molecule has 0 radical (unpaired) electrons. The van der Waals surface area contributed by atoms with E-state index in [9.17, 15) is 0 Å². The van der Waals surface area contributed by atoms with Gasteiger partial charge in [-0.25, -0.2) is 0 Å². The molecule has 1 N–H and O–H groups in total. The number of rotatable bonds is 0. The summed E-state index contributed by atoms with van der Waals surface area (Å²) in [7, 11) is 1.75. The van der Waals surface area contributed by atoms with Crippen LogP contribution in [-0.4, -0.2) is 19.3 Å². The van der Waals surface area contributed by atoms with Crippen LogP contribution >= 0.6 is 0 Å². The van der Waals surface area contributed by atoms with Crippen molar-refractivity contribution >= 4 is 0 Å². The number of aliphatic hydroxyl groups is 1. The van der Waals surface area contributed by atoms with Crippen LogP contribution < -0.4 is 56.5 Å². The molecule has 0 aromatic rings. The molecular weight excluding hydrogens is 95.1 g/mol. The van der Waals surface area contributed by atoms with E-state index >= 15 is 0 Å². The third kappa shape index (κ3) is 29.0. The van der Waals surface area contributed by atoms with Gasteiger partial charge in [0.25, 0.3) is 0 Å². The predicted octanol–water partition coefficient (Wildman–Crippen LogP) is -4.41. The van der Waals surface area contributed by atoms with Gasteiger partial charge >= 0.3 is 51.4 Å². The van der Waals surface area contributed by atoms with Crippen molar-refractivity contribution in [2.24, 2.45) is 0 Å². The summed E-state index contributed by atoms with van der Waals surface area (Å²) in [6.07, 6.45) is 0. The Morgan fingerprint density at radius 2 is 1.20 bits per heavy atom. The van der Waals surface area contributed by atoms with Gasteiger partial charge in [-0.15, -0.1) is 0 Å². The first-order chi connectivity index (χ1) is 2.00. The molecule has 0 saturated heterocycles. The first-order valence-electron chi connectivity index (χ1n) is 0.855. The third-order valence-electron chi connectivity index (χ3n) is 0. The summed E-state index contributed by atoms with van der Waals surface area (Å²) in [6, 6.07) is 0. The smallest absolute Gasteiger partial charge is 0.857 e. The summed E-state index contributed by atoms with van der Waals surface area (Å²) in [5.41, 5.74) is 0. The van der Waals surface area contributed by atoms with E-state index in [2.05, 4.69) is 0 Å². The zero-order chi connectivity index (χ0) is 4.00. The maximum atomic E-state index is 8.25. The SMILES string of the molecule is CO.C[O-].[K+]. The molecule has 0 aliphatic heterocycles.